The van der Waals surface area contributed by atoms with E-state index in [0.717, 1.165) is 57.1 Å². The minimum Gasteiger partial charge on any atom is -0.357 e. The van der Waals surface area contributed by atoms with Gasteiger partial charge in [-0.3, -0.25) is 4.99 Å². The van der Waals surface area contributed by atoms with E-state index in [4.69, 9.17) is 4.99 Å². The molecule has 1 heterocycles. The number of hydrogen-bond acceptors (Lipinski definition) is 2. The lowest BCUT2D eigenvalue weighted by atomic mass is 10.1. The van der Waals surface area contributed by atoms with Gasteiger partial charge in [-0.2, -0.15) is 0 Å². The van der Waals surface area contributed by atoms with E-state index in [0.29, 0.717) is 6.04 Å². The molecular weight excluding hydrogens is 449 g/mol. The molecule has 0 radical (unpaired) electrons. The summed E-state index contributed by atoms with van der Waals surface area (Å²) in [5.74, 6) is 2.00. The normalized spacial score (nSPS) is 12.3. The van der Waals surface area contributed by atoms with E-state index in [1.165, 1.54) is 5.56 Å². The van der Waals surface area contributed by atoms with E-state index in [2.05, 4.69) is 64.4 Å². The topological polar surface area (TPSA) is 54.2 Å². The van der Waals surface area contributed by atoms with Crippen molar-refractivity contribution in [2.45, 2.75) is 59.0 Å². The van der Waals surface area contributed by atoms with Crippen molar-refractivity contribution in [3.63, 3.8) is 0 Å². The maximum absolute atomic E-state index is 4.72. The first-order valence-electron chi connectivity index (χ1n) is 9.75. The number of imidazole rings is 1. The SMILES string of the molecule is CCNC(=NCCCCn1ccnc1C)NC(C)CCc1ccccc1.I. The van der Waals surface area contributed by atoms with Crippen LogP contribution in [0.4, 0.5) is 0 Å². The van der Waals surface area contributed by atoms with Crippen LogP contribution < -0.4 is 10.6 Å². The molecule has 5 nitrogen and oxygen atoms in total. The summed E-state index contributed by atoms with van der Waals surface area (Å²) in [6.45, 7) is 9.10. The van der Waals surface area contributed by atoms with Gasteiger partial charge >= 0.3 is 0 Å². The van der Waals surface area contributed by atoms with Crippen molar-refractivity contribution in [2.24, 2.45) is 4.99 Å². The van der Waals surface area contributed by atoms with Gasteiger partial charge in [-0.05, 0) is 52.0 Å². The highest BCUT2D eigenvalue weighted by atomic mass is 127. The molecule has 0 aliphatic rings. The largest absolute Gasteiger partial charge is 0.357 e. The molecule has 0 amide bonds. The monoisotopic (exact) mass is 483 g/mol. The van der Waals surface area contributed by atoms with Gasteiger partial charge in [0.2, 0.25) is 0 Å². The Hall–Kier alpha value is -1.57. The van der Waals surface area contributed by atoms with Crippen molar-refractivity contribution in [2.75, 3.05) is 13.1 Å². The van der Waals surface area contributed by atoms with Gasteiger partial charge in [-0.1, -0.05) is 30.3 Å². The maximum Gasteiger partial charge on any atom is 0.191 e. The number of aromatic nitrogens is 2. The van der Waals surface area contributed by atoms with Crippen molar-refractivity contribution < 1.29 is 0 Å². The molecule has 0 aliphatic carbocycles. The number of guanidine groups is 1. The highest BCUT2D eigenvalue weighted by molar-refractivity contribution is 14.0. The third-order valence-corrected chi connectivity index (χ3v) is 4.44. The molecule has 6 heteroatoms. The van der Waals surface area contributed by atoms with Crippen LogP contribution in [0, 0.1) is 6.92 Å². The highest BCUT2D eigenvalue weighted by Crippen LogP contribution is 2.05. The summed E-state index contributed by atoms with van der Waals surface area (Å²) in [4.78, 5) is 8.97. The van der Waals surface area contributed by atoms with E-state index in [1.807, 2.05) is 19.3 Å². The Morgan fingerprint density at radius 1 is 1.22 bits per heavy atom. The second kappa shape index (κ2) is 13.6. The lowest BCUT2D eigenvalue weighted by molar-refractivity contribution is 0.584. The quantitative estimate of drug-likeness (QED) is 0.231. The maximum atomic E-state index is 4.72. The third kappa shape index (κ3) is 9.26. The minimum absolute atomic E-state index is 0. The highest BCUT2D eigenvalue weighted by Gasteiger charge is 2.05. The van der Waals surface area contributed by atoms with Gasteiger partial charge in [0, 0.05) is 38.1 Å². The molecule has 0 fully saturated rings. The molecule has 0 saturated carbocycles. The molecule has 150 valence electrons. The zero-order valence-electron chi connectivity index (χ0n) is 16.8. The number of aryl methyl sites for hydroxylation is 3. The first kappa shape index (κ1) is 23.5. The predicted molar refractivity (Wildman–Crippen MR) is 125 cm³/mol. The standard InChI is InChI=1S/C21H33N5.HI/c1-4-22-21(24-14-8-9-16-26-17-15-23-19(26)3)25-18(2)12-13-20-10-6-5-7-11-20;/h5-7,10-11,15,17-18H,4,8-9,12-14,16H2,1-3H3,(H2,22,24,25);1H. The van der Waals surface area contributed by atoms with Crippen LogP contribution in [-0.4, -0.2) is 34.6 Å². The van der Waals surface area contributed by atoms with Gasteiger partial charge in [0.1, 0.15) is 5.82 Å². The Labute approximate surface area is 181 Å². The Balaban J connectivity index is 0.00000364. The number of nitrogens with one attached hydrogen (secondary N) is 2. The molecule has 0 saturated heterocycles. The molecule has 0 bridgehead atoms. The van der Waals surface area contributed by atoms with Gasteiger partial charge in [0.25, 0.3) is 0 Å². The summed E-state index contributed by atoms with van der Waals surface area (Å²) in [6.07, 6.45) is 8.26. The number of nitrogens with zero attached hydrogens (tertiary/aromatic N) is 3. The minimum atomic E-state index is 0. The fourth-order valence-corrected chi connectivity index (χ4v) is 2.88. The van der Waals surface area contributed by atoms with Gasteiger partial charge in [-0.25, -0.2) is 4.98 Å². The van der Waals surface area contributed by atoms with E-state index >= 15 is 0 Å². The third-order valence-electron chi connectivity index (χ3n) is 4.44. The fraction of sp³-hybridized carbons (Fsp3) is 0.524. The molecule has 27 heavy (non-hydrogen) atoms. The lowest BCUT2D eigenvalue weighted by Gasteiger charge is -2.18. The summed E-state index contributed by atoms with van der Waals surface area (Å²) < 4.78 is 2.19. The summed E-state index contributed by atoms with van der Waals surface area (Å²) >= 11 is 0. The Kier molecular flexibility index (Phi) is 11.8. The zero-order chi connectivity index (χ0) is 18.6. The molecule has 2 N–H and O–H groups in total. The van der Waals surface area contributed by atoms with Crippen molar-refractivity contribution in [3.05, 3.63) is 54.1 Å². The number of unbranched alkanes of at least 4 members (excludes halogenated alkanes) is 1. The number of aliphatic imine (C=N–C) groups is 1. The van der Waals surface area contributed by atoms with Crippen molar-refractivity contribution in [1.29, 1.82) is 0 Å². The number of benzene rings is 1. The van der Waals surface area contributed by atoms with Gasteiger partial charge < -0.3 is 15.2 Å². The second-order valence-electron chi connectivity index (χ2n) is 6.71. The molecule has 1 aromatic carbocycles. The van der Waals surface area contributed by atoms with E-state index in [-0.39, 0.29) is 24.0 Å². The number of rotatable bonds is 10. The summed E-state index contributed by atoms with van der Waals surface area (Å²) in [6, 6.07) is 11.0. The van der Waals surface area contributed by atoms with Crippen LogP contribution in [-0.2, 0) is 13.0 Å². The molecule has 0 aliphatic heterocycles. The molecule has 0 spiro atoms. The fourth-order valence-electron chi connectivity index (χ4n) is 2.88. The van der Waals surface area contributed by atoms with E-state index < -0.39 is 0 Å². The van der Waals surface area contributed by atoms with Gasteiger partial charge in [-0.15, -0.1) is 24.0 Å². The average Bonchev–Trinajstić information content (AvgIpc) is 3.05. The van der Waals surface area contributed by atoms with Crippen LogP contribution in [0.3, 0.4) is 0 Å². The first-order chi connectivity index (χ1) is 12.7. The number of halogens is 1. The number of hydrogen-bond donors (Lipinski definition) is 2. The summed E-state index contributed by atoms with van der Waals surface area (Å²) in [7, 11) is 0. The Morgan fingerprint density at radius 2 is 2.00 bits per heavy atom. The van der Waals surface area contributed by atoms with E-state index in [9.17, 15) is 0 Å². The van der Waals surface area contributed by atoms with Crippen LogP contribution in [0.5, 0.6) is 0 Å². The smallest absolute Gasteiger partial charge is 0.191 e. The molecule has 1 unspecified atom stereocenters. The van der Waals surface area contributed by atoms with Crippen molar-refractivity contribution in [3.8, 4) is 0 Å². The molecule has 2 rings (SSSR count). The molecule has 1 atom stereocenters. The van der Waals surface area contributed by atoms with E-state index in [1.54, 1.807) is 0 Å². The van der Waals surface area contributed by atoms with Crippen LogP contribution in [0.1, 0.15) is 44.5 Å². The summed E-state index contributed by atoms with van der Waals surface area (Å²) in [5.41, 5.74) is 1.39. The Bertz CT molecular complexity index is 654. The molecular formula is C21H34IN5. The zero-order valence-corrected chi connectivity index (χ0v) is 19.1. The lowest BCUT2D eigenvalue weighted by Crippen LogP contribution is -2.42. The summed E-state index contributed by atoms with van der Waals surface area (Å²) in [5, 5.41) is 6.87. The molecule has 1 aromatic heterocycles. The van der Waals surface area contributed by atoms with Gasteiger partial charge in [0.15, 0.2) is 5.96 Å². The van der Waals surface area contributed by atoms with Crippen LogP contribution in [0.2, 0.25) is 0 Å². The Morgan fingerprint density at radius 3 is 2.67 bits per heavy atom. The predicted octanol–water partition coefficient (Wildman–Crippen LogP) is 4.17. The van der Waals surface area contributed by atoms with Crippen molar-refractivity contribution >= 4 is 29.9 Å². The molecule has 2 aromatic rings. The van der Waals surface area contributed by atoms with Crippen molar-refractivity contribution in [1.82, 2.24) is 20.2 Å². The second-order valence-corrected chi connectivity index (χ2v) is 6.71. The average molecular weight is 483 g/mol. The van der Waals surface area contributed by atoms with Crippen LogP contribution in [0.15, 0.2) is 47.7 Å². The van der Waals surface area contributed by atoms with Crippen LogP contribution >= 0.6 is 24.0 Å². The van der Waals surface area contributed by atoms with Crippen LogP contribution in [0.25, 0.3) is 0 Å². The van der Waals surface area contributed by atoms with Gasteiger partial charge in [0.05, 0.1) is 0 Å². The first-order valence-corrected chi connectivity index (χ1v) is 9.75.